The van der Waals surface area contributed by atoms with Crippen molar-refractivity contribution >= 4 is 23.0 Å². The molecule has 0 fully saturated rings. The molecule has 0 saturated heterocycles. The molecule has 1 N–H and O–H groups in total. The van der Waals surface area contributed by atoms with E-state index in [9.17, 15) is 14.9 Å². The zero-order valence-corrected chi connectivity index (χ0v) is 11.8. The van der Waals surface area contributed by atoms with Gasteiger partial charge in [-0.3, -0.25) is 14.8 Å². The predicted molar refractivity (Wildman–Crippen MR) is 75.7 cm³/mol. The lowest BCUT2D eigenvalue weighted by atomic mass is 10.2. The summed E-state index contributed by atoms with van der Waals surface area (Å²) in [6, 6.07) is 6.18. The fourth-order valence-electron chi connectivity index (χ4n) is 2.01. The van der Waals surface area contributed by atoms with Gasteiger partial charge in [0, 0.05) is 13.1 Å². The fraction of sp³-hybridized carbons (Fsp3) is 0.231. The van der Waals surface area contributed by atoms with Crippen LogP contribution in [0, 0.1) is 17.0 Å². The molecule has 0 aliphatic carbocycles. The van der Waals surface area contributed by atoms with Crippen LogP contribution in [-0.4, -0.2) is 27.8 Å². The van der Waals surface area contributed by atoms with Crippen molar-refractivity contribution < 1.29 is 14.5 Å². The van der Waals surface area contributed by atoms with Crippen LogP contribution in [0.4, 0.5) is 17.1 Å². The number of para-hydroxylation sites is 2. The number of nitro benzene ring substituents is 1. The molecule has 0 aliphatic heterocycles. The number of benzene rings is 1. The third-order valence-corrected chi connectivity index (χ3v) is 2.96. The summed E-state index contributed by atoms with van der Waals surface area (Å²) >= 11 is 0. The Bertz CT molecular complexity index is 708. The maximum atomic E-state index is 11.8. The van der Waals surface area contributed by atoms with Crippen LogP contribution in [0.15, 0.2) is 24.3 Å². The molecule has 1 heterocycles. The van der Waals surface area contributed by atoms with Crippen molar-refractivity contribution in [2.75, 3.05) is 12.4 Å². The molecule has 0 unspecified atom stereocenters. The normalized spacial score (nSPS) is 10.2. The molecule has 2 rings (SSSR count). The Morgan fingerprint density at radius 3 is 2.71 bits per heavy atom. The summed E-state index contributed by atoms with van der Waals surface area (Å²) in [7, 11) is 2.86. The van der Waals surface area contributed by atoms with Crippen LogP contribution in [0.2, 0.25) is 0 Å². The van der Waals surface area contributed by atoms with Gasteiger partial charge >= 0.3 is 5.97 Å². The number of aromatic nitrogens is 2. The Balaban J connectivity index is 2.50. The molecule has 110 valence electrons. The van der Waals surface area contributed by atoms with Crippen LogP contribution in [0.3, 0.4) is 0 Å². The van der Waals surface area contributed by atoms with Crippen LogP contribution >= 0.6 is 0 Å². The largest absolute Gasteiger partial charge is 0.464 e. The van der Waals surface area contributed by atoms with E-state index in [1.807, 2.05) is 0 Å². The van der Waals surface area contributed by atoms with Gasteiger partial charge in [0.2, 0.25) is 0 Å². The molecule has 0 atom stereocenters. The number of aryl methyl sites for hydroxylation is 2. The molecule has 8 nitrogen and oxygen atoms in total. The third kappa shape index (κ3) is 2.69. The first-order valence-corrected chi connectivity index (χ1v) is 6.08. The second-order valence-corrected chi connectivity index (χ2v) is 4.32. The topological polar surface area (TPSA) is 99.3 Å². The van der Waals surface area contributed by atoms with E-state index >= 15 is 0 Å². The highest BCUT2D eigenvalue weighted by Crippen LogP contribution is 2.30. The molecule has 21 heavy (non-hydrogen) atoms. The van der Waals surface area contributed by atoms with E-state index < -0.39 is 10.9 Å². The van der Waals surface area contributed by atoms with Gasteiger partial charge in [-0.2, -0.15) is 5.10 Å². The number of esters is 1. The van der Waals surface area contributed by atoms with Crippen molar-refractivity contribution in [2.45, 2.75) is 6.92 Å². The van der Waals surface area contributed by atoms with Crippen LogP contribution in [0.25, 0.3) is 0 Å². The van der Waals surface area contributed by atoms with E-state index in [0.29, 0.717) is 11.4 Å². The second kappa shape index (κ2) is 5.61. The number of methoxy groups -OCH3 is 1. The molecule has 2 aromatic rings. The van der Waals surface area contributed by atoms with Crippen LogP contribution in [-0.2, 0) is 11.8 Å². The summed E-state index contributed by atoms with van der Waals surface area (Å²) in [4.78, 5) is 22.4. The van der Waals surface area contributed by atoms with Gasteiger partial charge in [0.15, 0.2) is 5.69 Å². The highest BCUT2D eigenvalue weighted by molar-refractivity contribution is 5.95. The van der Waals surface area contributed by atoms with Gasteiger partial charge in [0.05, 0.1) is 23.4 Å². The third-order valence-electron chi connectivity index (χ3n) is 2.96. The summed E-state index contributed by atoms with van der Waals surface area (Å²) in [5, 5.41) is 18.1. The highest BCUT2D eigenvalue weighted by Gasteiger charge is 2.23. The Labute approximate surface area is 120 Å². The number of ether oxygens (including phenoxy) is 1. The van der Waals surface area contributed by atoms with E-state index in [1.54, 1.807) is 32.2 Å². The zero-order valence-electron chi connectivity index (χ0n) is 11.8. The molecule has 0 bridgehead atoms. The van der Waals surface area contributed by atoms with Gasteiger partial charge in [-0.25, -0.2) is 4.79 Å². The summed E-state index contributed by atoms with van der Waals surface area (Å²) in [6.45, 7) is 1.70. The summed E-state index contributed by atoms with van der Waals surface area (Å²) in [5.41, 5.74) is 1.32. The van der Waals surface area contributed by atoms with Crippen molar-refractivity contribution in [3.8, 4) is 0 Å². The summed E-state index contributed by atoms with van der Waals surface area (Å²) in [5.74, 6) is -0.570. The minimum absolute atomic E-state index is 0.0865. The predicted octanol–water partition coefficient (Wildman–Crippen LogP) is 2.17. The summed E-state index contributed by atoms with van der Waals surface area (Å²) in [6.07, 6.45) is 0. The molecular weight excluding hydrogens is 276 g/mol. The maximum absolute atomic E-state index is 11.8. The Kier molecular flexibility index (Phi) is 3.88. The fourth-order valence-corrected chi connectivity index (χ4v) is 2.01. The first kappa shape index (κ1) is 14.5. The minimum Gasteiger partial charge on any atom is -0.464 e. The maximum Gasteiger partial charge on any atom is 0.358 e. The van der Waals surface area contributed by atoms with Crippen molar-refractivity contribution in [3.05, 3.63) is 45.8 Å². The number of nitrogens with one attached hydrogen (secondary N) is 1. The van der Waals surface area contributed by atoms with Crippen LogP contribution in [0.1, 0.15) is 16.2 Å². The Morgan fingerprint density at radius 1 is 1.43 bits per heavy atom. The molecule has 0 saturated carbocycles. The Hall–Kier alpha value is -2.90. The van der Waals surface area contributed by atoms with E-state index in [4.69, 9.17) is 4.74 Å². The number of hydrogen-bond donors (Lipinski definition) is 1. The number of rotatable bonds is 4. The SMILES string of the molecule is COC(=O)c1c(Nc2ccccc2[N+](=O)[O-])c(C)nn1C. The van der Waals surface area contributed by atoms with Crippen molar-refractivity contribution in [1.29, 1.82) is 0 Å². The van der Waals surface area contributed by atoms with E-state index in [0.717, 1.165) is 0 Å². The van der Waals surface area contributed by atoms with Crippen molar-refractivity contribution in [2.24, 2.45) is 7.05 Å². The standard InChI is InChI=1S/C13H14N4O4/c1-8-11(12(13(18)21-3)16(2)15-8)14-9-6-4-5-7-10(9)17(19)20/h4-7,14H,1-3H3. The number of nitrogens with zero attached hydrogens (tertiary/aromatic N) is 3. The molecule has 0 amide bonds. The quantitative estimate of drug-likeness (QED) is 0.526. The van der Waals surface area contributed by atoms with Gasteiger partial charge in [-0.05, 0) is 13.0 Å². The lowest BCUT2D eigenvalue weighted by Gasteiger charge is -2.08. The number of carbonyl (C=O) groups excluding carboxylic acids is 1. The minimum atomic E-state index is -0.570. The van der Waals surface area contributed by atoms with Crippen LogP contribution in [0.5, 0.6) is 0 Å². The van der Waals surface area contributed by atoms with Crippen molar-refractivity contribution in [3.63, 3.8) is 0 Å². The number of hydrogen-bond acceptors (Lipinski definition) is 6. The number of nitro groups is 1. The molecule has 0 aliphatic rings. The molecule has 1 aromatic carbocycles. The summed E-state index contributed by atoms with van der Waals surface area (Å²) < 4.78 is 6.09. The average Bonchev–Trinajstić information content (AvgIpc) is 2.73. The Morgan fingerprint density at radius 2 is 2.10 bits per heavy atom. The lowest BCUT2D eigenvalue weighted by molar-refractivity contribution is -0.383. The van der Waals surface area contributed by atoms with E-state index in [2.05, 4.69) is 10.4 Å². The second-order valence-electron chi connectivity index (χ2n) is 4.32. The van der Waals surface area contributed by atoms with E-state index in [1.165, 1.54) is 17.9 Å². The first-order valence-electron chi connectivity index (χ1n) is 6.08. The molecular formula is C13H14N4O4. The zero-order chi connectivity index (χ0) is 15.6. The van der Waals surface area contributed by atoms with Gasteiger partial charge in [0.25, 0.3) is 5.69 Å². The first-order chi connectivity index (χ1) is 9.95. The molecule has 8 heteroatoms. The molecule has 1 aromatic heterocycles. The van der Waals surface area contributed by atoms with Gasteiger partial charge in [0.1, 0.15) is 5.69 Å². The van der Waals surface area contributed by atoms with E-state index in [-0.39, 0.29) is 17.1 Å². The smallest absolute Gasteiger partial charge is 0.358 e. The monoisotopic (exact) mass is 290 g/mol. The molecule has 0 radical (unpaired) electrons. The van der Waals surface area contributed by atoms with Crippen LogP contribution < -0.4 is 5.32 Å². The number of anilines is 2. The highest BCUT2D eigenvalue weighted by atomic mass is 16.6. The number of carbonyl (C=O) groups is 1. The van der Waals surface area contributed by atoms with Gasteiger partial charge in [-0.1, -0.05) is 12.1 Å². The average molecular weight is 290 g/mol. The van der Waals surface area contributed by atoms with Gasteiger partial charge in [-0.15, -0.1) is 0 Å². The van der Waals surface area contributed by atoms with Crippen molar-refractivity contribution in [1.82, 2.24) is 9.78 Å². The lowest BCUT2D eigenvalue weighted by Crippen LogP contribution is -2.10. The van der Waals surface area contributed by atoms with Gasteiger partial charge < -0.3 is 10.1 Å². The molecule has 0 spiro atoms.